The van der Waals surface area contributed by atoms with Crippen LogP contribution in [0.15, 0.2) is 30.3 Å². The summed E-state index contributed by atoms with van der Waals surface area (Å²) in [6.45, 7) is 0. The number of nitrogens with one attached hydrogen (secondary N) is 1. The molecule has 8 heteroatoms. The molecule has 1 aromatic heterocycles. The van der Waals surface area contributed by atoms with Crippen molar-refractivity contribution in [3.05, 3.63) is 35.5 Å². The van der Waals surface area contributed by atoms with Crippen LogP contribution in [0.4, 0.5) is 22.6 Å². The average molecular weight is 401 g/mol. The predicted molar refractivity (Wildman–Crippen MR) is 96.2 cm³/mol. The van der Waals surface area contributed by atoms with Crippen LogP contribution in [0, 0.1) is 11.0 Å². The van der Waals surface area contributed by atoms with Crippen molar-refractivity contribution in [2.75, 3.05) is 5.32 Å². The number of hydrogen-bond acceptors (Lipinski definition) is 3. The molecule has 1 aliphatic carbocycles. The van der Waals surface area contributed by atoms with E-state index in [1.165, 1.54) is 24.6 Å². The van der Waals surface area contributed by atoms with Crippen LogP contribution in [0.25, 0.3) is 11.1 Å². The summed E-state index contributed by atoms with van der Waals surface area (Å²) in [5, 5.41) is 2.61. The number of benzene rings is 1. The Morgan fingerprint density at radius 2 is 1.81 bits per heavy atom. The standard InChI is InChI=1S/C19H19F4NO2S/c20-18-15(13-6-8-14(9-7-13)26-19(21,22)23)11-17(27-18)24-16(25)10-12-4-2-1-3-5-12/h6-9,11-12H,1-5,10H2,(H,24,25). The lowest BCUT2D eigenvalue weighted by Gasteiger charge is -2.20. The Kier molecular flexibility index (Phi) is 6.04. The van der Waals surface area contributed by atoms with E-state index in [-0.39, 0.29) is 17.2 Å². The Labute approximate surface area is 158 Å². The molecule has 0 radical (unpaired) electrons. The maximum absolute atomic E-state index is 14.2. The van der Waals surface area contributed by atoms with Gasteiger partial charge in [0.25, 0.3) is 0 Å². The number of amides is 1. The van der Waals surface area contributed by atoms with Crippen LogP contribution >= 0.6 is 11.3 Å². The number of alkyl halides is 3. The number of halogens is 4. The summed E-state index contributed by atoms with van der Waals surface area (Å²) in [7, 11) is 0. The maximum atomic E-state index is 14.2. The molecule has 1 aromatic carbocycles. The third-order valence-electron chi connectivity index (χ3n) is 4.55. The lowest BCUT2D eigenvalue weighted by molar-refractivity contribution is -0.274. The fraction of sp³-hybridized carbons (Fsp3) is 0.421. The van der Waals surface area contributed by atoms with Gasteiger partial charge in [0.2, 0.25) is 5.91 Å². The minimum Gasteiger partial charge on any atom is -0.406 e. The van der Waals surface area contributed by atoms with Crippen molar-refractivity contribution in [3.8, 4) is 16.9 Å². The van der Waals surface area contributed by atoms with E-state index in [9.17, 15) is 22.4 Å². The molecule has 0 bridgehead atoms. The molecule has 0 unspecified atom stereocenters. The summed E-state index contributed by atoms with van der Waals surface area (Å²) in [5.74, 6) is -0.129. The monoisotopic (exact) mass is 401 g/mol. The van der Waals surface area contributed by atoms with Gasteiger partial charge in [0.1, 0.15) is 5.75 Å². The van der Waals surface area contributed by atoms with Crippen molar-refractivity contribution < 1.29 is 27.1 Å². The minimum atomic E-state index is -4.77. The number of hydrogen-bond donors (Lipinski definition) is 1. The quantitative estimate of drug-likeness (QED) is 0.592. The number of thiophene rings is 1. The Morgan fingerprint density at radius 1 is 1.15 bits per heavy atom. The van der Waals surface area contributed by atoms with Crippen LogP contribution in [0.2, 0.25) is 0 Å². The van der Waals surface area contributed by atoms with E-state index in [2.05, 4.69) is 10.1 Å². The molecular weight excluding hydrogens is 382 g/mol. The highest BCUT2D eigenvalue weighted by molar-refractivity contribution is 7.15. The largest absolute Gasteiger partial charge is 0.573 e. The van der Waals surface area contributed by atoms with Gasteiger partial charge in [-0.05, 0) is 42.5 Å². The van der Waals surface area contributed by atoms with Crippen LogP contribution in [0.5, 0.6) is 5.75 Å². The second-order valence-corrected chi connectivity index (χ2v) is 7.63. The zero-order valence-corrected chi connectivity index (χ0v) is 15.3. The molecule has 1 N–H and O–H groups in total. The first kappa shape index (κ1) is 19.7. The van der Waals surface area contributed by atoms with E-state index in [1.54, 1.807) is 0 Å². The summed E-state index contributed by atoms with van der Waals surface area (Å²) in [5.41, 5.74) is 0.637. The van der Waals surface area contributed by atoms with Gasteiger partial charge in [0.15, 0.2) is 5.13 Å². The second-order valence-electron chi connectivity index (χ2n) is 6.63. The molecule has 146 valence electrons. The predicted octanol–water partition coefficient (Wildman–Crippen LogP) is 6.36. The lowest BCUT2D eigenvalue weighted by atomic mass is 9.87. The lowest BCUT2D eigenvalue weighted by Crippen LogP contribution is -2.17. The van der Waals surface area contributed by atoms with Gasteiger partial charge < -0.3 is 10.1 Å². The average Bonchev–Trinajstić information content (AvgIpc) is 2.95. The van der Waals surface area contributed by atoms with Crippen LogP contribution in [0.3, 0.4) is 0 Å². The van der Waals surface area contributed by atoms with Gasteiger partial charge >= 0.3 is 6.36 Å². The fourth-order valence-corrected chi connectivity index (χ4v) is 4.13. The highest BCUT2D eigenvalue weighted by atomic mass is 32.1. The van der Waals surface area contributed by atoms with Crippen LogP contribution < -0.4 is 10.1 Å². The van der Waals surface area contributed by atoms with E-state index < -0.39 is 11.5 Å². The van der Waals surface area contributed by atoms with Crippen molar-refractivity contribution in [2.24, 2.45) is 5.92 Å². The Bertz CT molecular complexity index is 780. The first-order valence-electron chi connectivity index (χ1n) is 8.75. The van der Waals surface area contributed by atoms with E-state index >= 15 is 0 Å². The minimum absolute atomic E-state index is 0.136. The van der Waals surface area contributed by atoms with E-state index in [1.807, 2.05) is 0 Å². The highest BCUT2D eigenvalue weighted by Gasteiger charge is 2.31. The van der Waals surface area contributed by atoms with Crippen LogP contribution in [0.1, 0.15) is 38.5 Å². The molecule has 0 atom stereocenters. The molecular formula is C19H19F4NO2S. The number of carbonyl (C=O) groups excluding carboxylic acids is 1. The topological polar surface area (TPSA) is 38.3 Å². The van der Waals surface area contributed by atoms with Gasteiger partial charge in [-0.2, -0.15) is 4.39 Å². The van der Waals surface area contributed by atoms with E-state index in [4.69, 9.17) is 0 Å². The van der Waals surface area contributed by atoms with Gasteiger partial charge in [0.05, 0.1) is 5.00 Å². The number of carbonyl (C=O) groups is 1. The third-order valence-corrected chi connectivity index (χ3v) is 5.39. The Hall–Kier alpha value is -2.09. The van der Waals surface area contributed by atoms with E-state index in [0.29, 0.717) is 22.9 Å². The van der Waals surface area contributed by atoms with Gasteiger partial charge in [-0.25, -0.2) is 0 Å². The molecule has 1 saturated carbocycles. The van der Waals surface area contributed by atoms with E-state index in [0.717, 1.165) is 49.2 Å². The molecule has 3 nitrogen and oxygen atoms in total. The van der Waals surface area contributed by atoms with Crippen LogP contribution in [-0.4, -0.2) is 12.3 Å². The molecule has 1 aliphatic rings. The van der Waals surface area contributed by atoms with Crippen molar-refractivity contribution in [3.63, 3.8) is 0 Å². The number of anilines is 1. The smallest absolute Gasteiger partial charge is 0.406 e. The molecule has 0 spiro atoms. The summed E-state index contributed by atoms with van der Waals surface area (Å²) >= 11 is 0.804. The summed E-state index contributed by atoms with van der Waals surface area (Å²) in [6.07, 6.45) is 1.24. The van der Waals surface area contributed by atoms with Crippen LogP contribution in [-0.2, 0) is 4.79 Å². The molecule has 0 aliphatic heterocycles. The second kappa shape index (κ2) is 8.29. The first-order valence-corrected chi connectivity index (χ1v) is 9.57. The molecule has 27 heavy (non-hydrogen) atoms. The zero-order valence-electron chi connectivity index (χ0n) is 14.4. The Morgan fingerprint density at radius 3 is 2.44 bits per heavy atom. The molecule has 0 saturated heterocycles. The van der Waals surface area contributed by atoms with Gasteiger partial charge in [-0.3, -0.25) is 4.79 Å². The fourth-order valence-electron chi connectivity index (χ4n) is 3.31. The molecule has 2 aromatic rings. The molecule has 1 fully saturated rings. The highest BCUT2D eigenvalue weighted by Crippen LogP contribution is 2.35. The summed E-state index contributed by atoms with van der Waals surface area (Å²) < 4.78 is 54.6. The molecule has 3 rings (SSSR count). The van der Waals surface area contributed by atoms with Crippen molar-refractivity contribution >= 4 is 22.2 Å². The van der Waals surface area contributed by atoms with Crippen molar-refractivity contribution in [1.82, 2.24) is 0 Å². The summed E-state index contributed by atoms with van der Waals surface area (Å²) in [4.78, 5) is 12.2. The number of ether oxygens (including phenoxy) is 1. The normalized spacial score (nSPS) is 15.6. The van der Waals surface area contributed by atoms with Gasteiger partial charge in [-0.1, -0.05) is 42.7 Å². The zero-order chi connectivity index (χ0) is 19.4. The van der Waals surface area contributed by atoms with Gasteiger partial charge in [-0.15, -0.1) is 13.2 Å². The summed E-state index contributed by atoms with van der Waals surface area (Å²) in [6, 6.07) is 6.45. The number of rotatable bonds is 5. The first-order chi connectivity index (χ1) is 12.8. The SMILES string of the molecule is O=C(CC1CCCCC1)Nc1cc(-c2ccc(OC(F)(F)F)cc2)c(F)s1. The third kappa shape index (κ3) is 5.69. The Balaban J connectivity index is 1.64. The molecule has 1 amide bonds. The van der Waals surface area contributed by atoms with Crippen molar-refractivity contribution in [1.29, 1.82) is 0 Å². The molecule has 1 heterocycles. The van der Waals surface area contributed by atoms with Crippen molar-refractivity contribution in [2.45, 2.75) is 44.9 Å². The van der Waals surface area contributed by atoms with Gasteiger partial charge in [0, 0.05) is 12.0 Å². The maximum Gasteiger partial charge on any atom is 0.573 e.